The topological polar surface area (TPSA) is 35.8 Å². The van der Waals surface area contributed by atoms with E-state index in [9.17, 15) is 9.65 Å². The number of anilines is 1. The molecule has 0 spiro atoms. The van der Waals surface area contributed by atoms with E-state index in [0.717, 1.165) is 15.7 Å². The fourth-order valence-electron chi connectivity index (χ4n) is 1.81. The van der Waals surface area contributed by atoms with Crippen molar-refractivity contribution in [2.45, 2.75) is 13.0 Å². The highest BCUT2D eigenvalue weighted by Gasteiger charge is 2.16. The molecule has 0 fully saturated rings. The zero-order valence-corrected chi connectivity index (χ0v) is 11.9. The lowest BCUT2D eigenvalue weighted by molar-refractivity contribution is 0.607. The Morgan fingerprint density at radius 3 is 2.68 bits per heavy atom. The summed E-state index contributed by atoms with van der Waals surface area (Å²) in [6.07, 6.45) is 0. The van der Waals surface area contributed by atoms with Gasteiger partial charge in [0.15, 0.2) is 0 Å². The first kappa shape index (κ1) is 13.6. The van der Waals surface area contributed by atoms with Crippen molar-refractivity contribution in [2.75, 3.05) is 5.32 Å². The first-order valence-corrected chi connectivity index (χ1v) is 6.58. The van der Waals surface area contributed by atoms with E-state index in [4.69, 9.17) is 0 Å². The van der Waals surface area contributed by atoms with Crippen LogP contribution in [0.25, 0.3) is 0 Å². The van der Waals surface area contributed by atoms with E-state index in [1.54, 1.807) is 12.1 Å². The Morgan fingerprint density at radius 1 is 1.26 bits per heavy atom. The molecule has 0 amide bonds. The summed E-state index contributed by atoms with van der Waals surface area (Å²) >= 11 is 3.29. The van der Waals surface area contributed by atoms with Crippen molar-refractivity contribution in [3.63, 3.8) is 0 Å². The number of hydrogen-bond donors (Lipinski definition) is 1. The van der Waals surface area contributed by atoms with Crippen LogP contribution in [-0.2, 0) is 0 Å². The molecule has 1 N–H and O–H groups in total. The Balaban J connectivity index is 2.34. The molecule has 0 aliphatic carbocycles. The first-order chi connectivity index (χ1) is 9.11. The van der Waals surface area contributed by atoms with Crippen molar-refractivity contribution >= 4 is 21.6 Å². The van der Waals surface area contributed by atoms with E-state index >= 15 is 0 Å². The summed E-state index contributed by atoms with van der Waals surface area (Å²) in [6.45, 7) is 1.94. The van der Waals surface area contributed by atoms with Gasteiger partial charge < -0.3 is 5.32 Å². The number of hydrogen-bond acceptors (Lipinski definition) is 2. The van der Waals surface area contributed by atoms with E-state index in [1.807, 2.05) is 31.2 Å². The minimum absolute atomic E-state index is 0.333. The molecule has 0 saturated heterocycles. The van der Waals surface area contributed by atoms with Gasteiger partial charge in [0, 0.05) is 15.7 Å². The molecule has 2 aromatic rings. The van der Waals surface area contributed by atoms with Crippen LogP contribution in [0.3, 0.4) is 0 Å². The molecule has 1 unspecified atom stereocenters. The van der Waals surface area contributed by atoms with Crippen LogP contribution in [0, 0.1) is 24.1 Å². The number of aryl methyl sites for hydroxylation is 1. The molecular weight excluding hydrogens is 307 g/mol. The van der Waals surface area contributed by atoms with Crippen LogP contribution in [0.1, 0.15) is 17.2 Å². The minimum atomic E-state index is -0.724. The quantitative estimate of drug-likeness (QED) is 0.899. The molecule has 0 heterocycles. The average molecular weight is 319 g/mol. The third-order valence-electron chi connectivity index (χ3n) is 2.84. The van der Waals surface area contributed by atoms with Gasteiger partial charge in [0.1, 0.15) is 11.9 Å². The maximum Gasteiger partial charge on any atom is 0.143 e. The Bertz CT molecular complexity index is 634. The molecular formula is C15H12BrFN2. The fraction of sp³-hybridized carbons (Fsp3) is 0.133. The summed E-state index contributed by atoms with van der Waals surface area (Å²) in [6, 6.07) is 13.6. The third kappa shape index (κ3) is 3.12. The van der Waals surface area contributed by atoms with Crippen LogP contribution in [0.15, 0.2) is 46.9 Å². The van der Waals surface area contributed by atoms with Crippen LogP contribution in [-0.4, -0.2) is 0 Å². The average Bonchev–Trinajstić information content (AvgIpc) is 2.41. The van der Waals surface area contributed by atoms with Gasteiger partial charge >= 0.3 is 0 Å². The minimum Gasteiger partial charge on any atom is -0.366 e. The SMILES string of the molecule is Cc1ccccc1NC(C#N)c1cc(Br)ccc1F. The molecule has 0 aliphatic heterocycles. The zero-order valence-electron chi connectivity index (χ0n) is 10.3. The monoisotopic (exact) mass is 318 g/mol. The van der Waals surface area contributed by atoms with Gasteiger partial charge in [-0.25, -0.2) is 4.39 Å². The molecule has 1 atom stereocenters. The smallest absolute Gasteiger partial charge is 0.143 e. The second-order valence-corrected chi connectivity index (χ2v) is 5.10. The van der Waals surface area contributed by atoms with E-state index < -0.39 is 11.9 Å². The number of nitrogens with zero attached hydrogens (tertiary/aromatic N) is 1. The van der Waals surface area contributed by atoms with Crippen LogP contribution < -0.4 is 5.32 Å². The summed E-state index contributed by atoms with van der Waals surface area (Å²) in [5.41, 5.74) is 2.17. The Morgan fingerprint density at radius 2 is 2.00 bits per heavy atom. The summed E-state index contributed by atoms with van der Waals surface area (Å²) < 4.78 is 14.5. The second-order valence-electron chi connectivity index (χ2n) is 4.19. The predicted molar refractivity (Wildman–Crippen MR) is 77.3 cm³/mol. The molecule has 96 valence electrons. The van der Waals surface area contributed by atoms with Gasteiger partial charge in [-0.3, -0.25) is 0 Å². The highest BCUT2D eigenvalue weighted by molar-refractivity contribution is 9.10. The van der Waals surface area contributed by atoms with E-state index in [0.29, 0.717) is 5.56 Å². The Hall–Kier alpha value is -1.86. The number of halogens is 2. The molecule has 2 rings (SSSR count). The molecule has 2 aromatic carbocycles. The molecule has 19 heavy (non-hydrogen) atoms. The fourth-order valence-corrected chi connectivity index (χ4v) is 2.18. The van der Waals surface area contributed by atoms with Crippen molar-refractivity contribution in [2.24, 2.45) is 0 Å². The van der Waals surface area contributed by atoms with Crippen molar-refractivity contribution in [3.05, 3.63) is 63.9 Å². The van der Waals surface area contributed by atoms with Crippen LogP contribution in [0.4, 0.5) is 10.1 Å². The highest BCUT2D eigenvalue weighted by Crippen LogP contribution is 2.26. The number of rotatable bonds is 3. The molecule has 0 aromatic heterocycles. The number of benzene rings is 2. The van der Waals surface area contributed by atoms with Crippen LogP contribution in [0.2, 0.25) is 0 Å². The molecule has 0 radical (unpaired) electrons. The summed E-state index contributed by atoms with van der Waals surface area (Å²) in [5.74, 6) is -0.393. The molecule has 0 saturated carbocycles. The van der Waals surface area contributed by atoms with Crippen molar-refractivity contribution < 1.29 is 4.39 Å². The first-order valence-electron chi connectivity index (χ1n) is 5.78. The molecule has 2 nitrogen and oxygen atoms in total. The maximum atomic E-state index is 13.8. The van der Waals surface area contributed by atoms with E-state index in [-0.39, 0.29) is 0 Å². The van der Waals surface area contributed by atoms with Crippen molar-refractivity contribution in [3.8, 4) is 6.07 Å². The maximum absolute atomic E-state index is 13.8. The van der Waals surface area contributed by atoms with Crippen molar-refractivity contribution in [1.29, 1.82) is 5.26 Å². The van der Waals surface area contributed by atoms with E-state index in [2.05, 4.69) is 27.3 Å². The lowest BCUT2D eigenvalue weighted by atomic mass is 10.1. The van der Waals surface area contributed by atoms with E-state index in [1.165, 1.54) is 6.07 Å². The number of nitrogens with one attached hydrogen (secondary N) is 1. The summed E-state index contributed by atoms with van der Waals surface area (Å²) in [5, 5.41) is 12.3. The Labute approximate surface area is 120 Å². The van der Waals surface area contributed by atoms with Gasteiger partial charge in [-0.1, -0.05) is 34.1 Å². The summed E-state index contributed by atoms with van der Waals surface area (Å²) in [7, 11) is 0. The second kappa shape index (κ2) is 5.85. The lowest BCUT2D eigenvalue weighted by Gasteiger charge is -2.16. The molecule has 0 bridgehead atoms. The van der Waals surface area contributed by atoms with Gasteiger partial charge in [0.25, 0.3) is 0 Å². The van der Waals surface area contributed by atoms with Crippen LogP contribution >= 0.6 is 15.9 Å². The lowest BCUT2D eigenvalue weighted by Crippen LogP contribution is -2.11. The molecule has 4 heteroatoms. The molecule has 0 aliphatic rings. The largest absolute Gasteiger partial charge is 0.366 e. The standard InChI is InChI=1S/C15H12BrFN2/c1-10-4-2-3-5-14(10)19-15(9-18)12-8-11(16)6-7-13(12)17/h2-8,15,19H,1H3. The third-order valence-corrected chi connectivity index (χ3v) is 3.34. The van der Waals surface area contributed by atoms with Gasteiger partial charge in [-0.05, 0) is 36.8 Å². The van der Waals surface area contributed by atoms with Gasteiger partial charge in [-0.15, -0.1) is 0 Å². The van der Waals surface area contributed by atoms with Crippen molar-refractivity contribution in [1.82, 2.24) is 0 Å². The Kier molecular flexibility index (Phi) is 4.18. The van der Waals surface area contributed by atoms with Gasteiger partial charge in [-0.2, -0.15) is 5.26 Å². The van der Waals surface area contributed by atoms with Crippen LogP contribution in [0.5, 0.6) is 0 Å². The summed E-state index contributed by atoms with van der Waals surface area (Å²) in [4.78, 5) is 0. The predicted octanol–water partition coefficient (Wildman–Crippen LogP) is 4.57. The van der Waals surface area contributed by atoms with Gasteiger partial charge in [0.2, 0.25) is 0 Å². The highest BCUT2D eigenvalue weighted by atomic mass is 79.9. The zero-order chi connectivity index (χ0) is 13.8. The number of nitriles is 1. The normalized spacial score (nSPS) is 11.7. The van der Waals surface area contributed by atoms with Gasteiger partial charge in [0.05, 0.1) is 6.07 Å². The number of para-hydroxylation sites is 1.